The van der Waals surface area contributed by atoms with Gasteiger partial charge >= 0.3 is 0 Å². The van der Waals surface area contributed by atoms with Gasteiger partial charge in [-0.1, -0.05) is 188 Å². The highest BCUT2D eigenvalue weighted by atomic mass is 15.2. The quantitative estimate of drug-likeness (QED) is 0.154. The Morgan fingerprint density at radius 3 is 1.36 bits per heavy atom. The largest absolute Gasteiger partial charge is 0.236 e. The van der Waals surface area contributed by atoms with E-state index in [4.69, 9.17) is 15.1 Å². The summed E-state index contributed by atoms with van der Waals surface area (Å²) in [4.78, 5) is 9.53. The first-order chi connectivity index (χ1) is 30.2. The van der Waals surface area contributed by atoms with E-state index in [9.17, 15) is 0 Å². The first-order valence-electron chi connectivity index (χ1n) is 20.6. The van der Waals surface area contributed by atoms with Gasteiger partial charge in [-0.05, 0) is 80.7 Å². The Bertz CT molecular complexity index is 3250. The number of rotatable bonds is 8. The first kappa shape index (κ1) is 35.9. The van der Waals surface area contributed by atoms with Crippen LogP contribution in [0.5, 0.6) is 0 Å². The fourth-order valence-electron chi connectivity index (χ4n) is 8.48. The van der Waals surface area contributed by atoms with Crippen molar-refractivity contribution < 1.29 is 0 Å². The van der Waals surface area contributed by atoms with Gasteiger partial charge in [0.05, 0.1) is 22.6 Å². The molecule has 0 fully saturated rings. The van der Waals surface area contributed by atoms with Crippen molar-refractivity contribution in [2.24, 2.45) is 0 Å². The molecule has 11 aromatic rings. The minimum Gasteiger partial charge on any atom is -0.236 e. The zero-order chi connectivity index (χ0) is 40.5. The van der Waals surface area contributed by atoms with E-state index in [0.29, 0.717) is 0 Å². The molecule has 0 aliphatic rings. The minimum absolute atomic E-state index is 0.872. The first-order valence-corrected chi connectivity index (χ1v) is 20.6. The van der Waals surface area contributed by atoms with Crippen molar-refractivity contribution in [1.82, 2.24) is 19.6 Å². The predicted octanol–water partition coefficient (Wildman–Crippen LogP) is 14.6. The van der Waals surface area contributed by atoms with E-state index in [2.05, 4.69) is 229 Å². The normalized spacial score (nSPS) is 11.3. The molecule has 0 bridgehead atoms. The molecular weight excluding hydrogens is 741 g/mol. The van der Waals surface area contributed by atoms with Crippen molar-refractivity contribution in [3.63, 3.8) is 0 Å². The summed E-state index contributed by atoms with van der Waals surface area (Å²) in [5.74, 6) is 0. The Kier molecular flexibility index (Phi) is 9.14. The van der Waals surface area contributed by atoms with Crippen LogP contribution in [-0.4, -0.2) is 19.6 Å². The van der Waals surface area contributed by atoms with Gasteiger partial charge in [-0.3, -0.25) is 0 Å². The van der Waals surface area contributed by atoms with E-state index in [1.165, 1.54) is 11.1 Å². The van der Waals surface area contributed by atoms with Crippen molar-refractivity contribution >= 4 is 16.3 Å². The number of nitrogens with zero attached hydrogens (tertiary/aromatic N) is 4. The molecule has 0 saturated carbocycles. The second-order valence-corrected chi connectivity index (χ2v) is 15.3. The topological polar surface area (TPSA) is 43.1 Å². The van der Waals surface area contributed by atoms with Gasteiger partial charge in [0.2, 0.25) is 0 Å². The minimum atomic E-state index is 0.872. The summed E-state index contributed by atoms with van der Waals surface area (Å²) in [7, 11) is 0. The van der Waals surface area contributed by atoms with Crippen molar-refractivity contribution in [2.45, 2.75) is 0 Å². The van der Waals surface area contributed by atoms with Crippen molar-refractivity contribution in [3.8, 4) is 89.5 Å². The van der Waals surface area contributed by atoms with Gasteiger partial charge in [-0.25, -0.2) is 14.5 Å². The summed E-state index contributed by atoms with van der Waals surface area (Å²) in [5, 5.41) is 7.70. The van der Waals surface area contributed by atoms with Crippen LogP contribution < -0.4 is 0 Å². The zero-order valence-electron chi connectivity index (χ0n) is 33.2. The van der Waals surface area contributed by atoms with E-state index in [0.717, 1.165) is 94.7 Å². The van der Waals surface area contributed by atoms with Crippen LogP contribution in [0.2, 0.25) is 0 Å². The van der Waals surface area contributed by atoms with Gasteiger partial charge in [-0.15, -0.1) is 0 Å². The average molecular weight is 779 g/mol. The predicted molar refractivity (Wildman–Crippen MR) is 252 cm³/mol. The third-order valence-electron chi connectivity index (χ3n) is 11.5. The van der Waals surface area contributed by atoms with Gasteiger partial charge in [0, 0.05) is 33.2 Å². The van der Waals surface area contributed by atoms with Gasteiger partial charge < -0.3 is 0 Å². The van der Waals surface area contributed by atoms with Crippen molar-refractivity contribution in [1.29, 1.82) is 0 Å². The van der Waals surface area contributed by atoms with E-state index in [1.54, 1.807) is 6.33 Å². The molecule has 3 aromatic heterocycles. The van der Waals surface area contributed by atoms with Crippen LogP contribution >= 0.6 is 0 Å². The Morgan fingerprint density at radius 1 is 0.311 bits per heavy atom. The zero-order valence-corrected chi connectivity index (χ0v) is 33.2. The number of aromatic nitrogens is 4. The maximum absolute atomic E-state index is 5.41. The molecule has 0 amide bonds. The Balaban J connectivity index is 1.01. The van der Waals surface area contributed by atoms with Gasteiger partial charge in [0.15, 0.2) is 0 Å². The monoisotopic (exact) mass is 778 g/mol. The van der Waals surface area contributed by atoms with Crippen LogP contribution in [0.15, 0.2) is 231 Å². The Hall–Kier alpha value is -8.21. The summed E-state index contributed by atoms with van der Waals surface area (Å²) in [6.45, 7) is 0. The second-order valence-electron chi connectivity index (χ2n) is 15.3. The molecule has 0 aliphatic heterocycles. The second kappa shape index (κ2) is 15.5. The van der Waals surface area contributed by atoms with Gasteiger partial charge in [0.25, 0.3) is 0 Å². The smallest absolute Gasteiger partial charge is 0.116 e. The fraction of sp³-hybridized carbons (Fsp3) is 0. The molecule has 61 heavy (non-hydrogen) atoms. The Morgan fingerprint density at radius 2 is 0.770 bits per heavy atom. The maximum atomic E-state index is 5.41. The fourth-order valence-corrected chi connectivity index (χ4v) is 8.48. The molecule has 286 valence electrons. The Labute approximate surface area is 354 Å². The number of benzene rings is 8. The van der Waals surface area contributed by atoms with Crippen LogP contribution in [0.4, 0.5) is 0 Å². The lowest BCUT2D eigenvalue weighted by Gasteiger charge is -2.13. The molecule has 0 spiro atoms. The summed E-state index contributed by atoms with van der Waals surface area (Å²) in [6, 6.07) is 79.4. The number of pyridine rings is 1. The standard InChI is InChI=1S/C57H38N4/c1-6-16-39(17-7-1)48-32-49(40-18-8-2-9-19-40)34-50(33-48)53-37-52(58-38-59-53)42-28-26-41(27-29-42)46-30-31-47-36-54(43-20-10-3-11-21-43)61-57(51(47)35-46)55(44-22-12-4-13-23-44)56(60-61)45-24-14-5-15-25-45/h1-38H. The van der Waals surface area contributed by atoms with Crippen LogP contribution in [-0.2, 0) is 0 Å². The highest BCUT2D eigenvalue weighted by molar-refractivity contribution is 6.09. The summed E-state index contributed by atoms with van der Waals surface area (Å²) in [5.41, 5.74) is 18.2. The molecule has 3 heterocycles. The maximum Gasteiger partial charge on any atom is 0.116 e. The van der Waals surface area contributed by atoms with Gasteiger partial charge in [0.1, 0.15) is 12.0 Å². The summed E-state index contributed by atoms with van der Waals surface area (Å²) < 4.78 is 2.15. The van der Waals surface area contributed by atoms with Crippen LogP contribution in [0, 0.1) is 0 Å². The van der Waals surface area contributed by atoms with E-state index in [1.807, 2.05) is 0 Å². The molecule has 0 aliphatic carbocycles. The van der Waals surface area contributed by atoms with Crippen molar-refractivity contribution in [3.05, 3.63) is 231 Å². The molecule has 0 unspecified atom stereocenters. The third-order valence-corrected chi connectivity index (χ3v) is 11.5. The summed E-state index contributed by atoms with van der Waals surface area (Å²) >= 11 is 0. The van der Waals surface area contributed by atoms with E-state index >= 15 is 0 Å². The lowest BCUT2D eigenvalue weighted by atomic mass is 9.94. The highest BCUT2D eigenvalue weighted by Gasteiger charge is 2.22. The lowest BCUT2D eigenvalue weighted by molar-refractivity contribution is 0.979. The van der Waals surface area contributed by atoms with E-state index in [-0.39, 0.29) is 0 Å². The molecule has 4 nitrogen and oxygen atoms in total. The number of fused-ring (bicyclic) bond motifs is 3. The third kappa shape index (κ3) is 6.86. The average Bonchev–Trinajstić information content (AvgIpc) is 3.76. The molecular formula is C57H38N4. The van der Waals surface area contributed by atoms with E-state index < -0.39 is 0 Å². The highest BCUT2D eigenvalue weighted by Crippen LogP contribution is 2.42. The molecule has 0 atom stereocenters. The number of hydrogen-bond acceptors (Lipinski definition) is 3. The van der Waals surface area contributed by atoms with Gasteiger partial charge in [-0.2, -0.15) is 5.10 Å². The van der Waals surface area contributed by atoms with Crippen molar-refractivity contribution in [2.75, 3.05) is 0 Å². The van der Waals surface area contributed by atoms with Crippen LogP contribution in [0.3, 0.4) is 0 Å². The van der Waals surface area contributed by atoms with Crippen LogP contribution in [0.25, 0.3) is 106 Å². The molecule has 11 rings (SSSR count). The summed E-state index contributed by atoms with van der Waals surface area (Å²) in [6.07, 6.45) is 1.67. The SMILES string of the molecule is c1ccc(-c2cc(-c3ccccc3)cc(-c3cc(-c4ccc(-c5ccc6cc(-c7ccccc7)n7nc(-c8ccccc8)c(-c8ccccc8)c7c6c5)cc4)ncn3)c2)cc1. The molecule has 0 radical (unpaired) electrons. The number of hydrogen-bond donors (Lipinski definition) is 0. The molecule has 0 saturated heterocycles. The lowest BCUT2D eigenvalue weighted by Crippen LogP contribution is -1.96. The van der Waals surface area contributed by atoms with Crippen LogP contribution in [0.1, 0.15) is 0 Å². The molecule has 4 heteroatoms. The molecule has 0 N–H and O–H groups in total. The molecule has 8 aromatic carbocycles.